The molecule has 0 radical (unpaired) electrons. The molecule has 8 heteroatoms. The van der Waals surface area contributed by atoms with Crippen molar-refractivity contribution in [3.8, 4) is 0 Å². The van der Waals surface area contributed by atoms with Crippen molar-refractivity contribution in [1.29, 1.82) is 0 Å². The van der Waals surface area contributed by atoms with Gasteiger partial charge >= 0.3 is 0 Å². The smallest absolute Gasteiger partial charge is 0.160 e. The molecule has 0 amide bonds. The molecule has 0 saturated carbocycles. The lowest BCUT2D eigenvalue weighted by Gasteiger charge is -2.32. The molecule has 0 bridgehead atoms. The molecule has 2 aromatic carbocycles. The van der Waals surface area contributed by atoms with Crippen LogP contribution in [0.25, 0.3) is 0 Å². The number of benzene rings is 2. The predicted octanol–water partition coefficient (Wildman–Crippen LogP) is 1.89. The molecule has 5 N–H and O–H groups in total. The molecule has 0 saturated heterocycles. The monoisotopic (exact) mass is 361 g/mol. The van der Waals surface area contributed by atoms with Gasteiger partial charge in [-0.2, -0.15) is 0 Å². The quantitative estimate of drug-likeness (QED) is 0.710. The first kappa shape index (κ1) is 16.5. The molecule has 24 heavy (non-hydrogen) atoms. The van der Waals surface area contributed by atoms with Gasteiger partial charge in [0.25, 0.3) is 0 Å². The molecule has 1 heterocycles. The number of hydrogen-bond acceptors (Lipinski definition) is 5. The first-order valence-corrected chi connectivity index (χ1v) is 8.61. The highest BCUT2D eigenvalue weighted by atomic mass is 35.5. The van der Waals surface area contributed by atoms with Gasteiger partial charge < -0.3 is 11.1 Å². The Hall–Kier alpha value is -2.35. The number of nitrogens with zero attached hydrogens (tertiary/aromatic N) is 2. The number of amidine groups is 1. The Morgan fingerprint density at radius 1 is 1.25 bits per heavy atom. The topological polar surface area (TPSA) is 96.7 Å². The van der Waals surface area contributed by atoms with E-state index in [4.69, 9.17) is 23.2 Å². The second-order valence-electron chi connectivity index (χ2n) is 5.02. The summed E-state index contributed by atoms with van der Waals surface area (Å²) in [6.07, 6.45) is 0. The van der Waals surface area contributed by atoms with Crippen LogP contribution >= 0.6 is 11.6 Å². The Kier molecular flexibility index (Phi) is 4.57. The van der Waals surface area contributed by atoms with E-state index < -0.39 is 10.8 Å². The summed E-state index contributed by atoms with van der Waals surface area (Å²) < 4.78 is 12.8. The number of nitrogens with one attached hydrogen (secondary N) is 1. The van der Waals surface area contributed by atoms with Crippen molar-refractivity contribution in [2.45, 2.75) is 4.90 Å². The summed E-state index contributed by atoms with van der Waals surface area (Å²) >= 11 is 5.96. The van der Waals surface area contributed by atoms with Crippen LogP contribution < -0.4 is 21.9 Å². The highest BCUT2D eigenvalue weighted by Crippen LogP contribution is 2.27. The Bertz CT molecular complexity index is 880. The molecule has 0 aliphatic carbocycles. The van der Waals surface area contributed by atoms with Crippen molar-refractivity contribution in [1.82, 2.24) is 5.32 Å². The standard InChI is InChI=1S/C16H16ClN5OS/c1-20-15-12-7-2-3-8-13(12)22(19)16(21-15)14(18)24(23)11-6-4-5-10(17)9-11/h2-9H,18-19H2,1H3,(H,20,21)/b16-14+. The van der Waals surface area contributed by atoms with Crippen molar-refractivity contribution < 1.29 is 4.21 Å². The molecule has 0 aromatic heterocycles. The maximum Gasteiger partial charge on any atom is 0.160 e. The second-order valence-corrected chi connectivity index (χ2v) is 6.91. The van der Waals surface area contributed by atoms with Gasteiger partial charge in [0.15, 0.2) is 5.82 Å². The minimum atomic E-state index is -1.62. The fourth-order valence-corrected chi connectivity index (χ4v) is 3.67. The largest absolute Gasteiger partial charge is 0.388 e. The third-order valence-electron chi connectivity index (χ3n) is 3.56. The van der Waals surface area contributed by atoms with Crippen LogP contribution in [0, 0.1) is 0 Å². The van der Waals surface area contributed by atoms with Crippen LogP contribution in [0.1, 0.15) is 5.56 Å². The highest BCUT2D eigenvalue weighted by Gasteiger charge is 2.27. The Morgan fingerprint density at radius 3 is 2.71 bits per heavy atom. The molecule has 3 rings (SSSR count). The van der Waals surface area contributed by atoms with Crippen LogP contribution in [0.15, 0.2) is 69.3 Å². The van der Waals surface area contributed by atoms with Crippen LogP contribution in [0.4, 0.5) is 5.69 Å². The molecule has 1 atom stereocenters. The Labute approximate surface area is 147 Å². The molecular weight excluding hydrogens is 346 g/mol. The summed E-state index contributed by atoms with van der Waals surface area (Å²) in [6, 6.07) is 14.2. The predicted molar refractivity (Wildman–Crippen MR) is 97.8 cm³/mol. The summed E-state index contributed by atoms with van der Waals surface area (Å²) in [5, 5.41) is 5.01. The first-order chi connectivity index (χ1) is 11.5. The maximum absolute atomic E-state index is 12.8. The SMILES string of the molecule is CN=C1N/C(=C(/N)S(=O)c2cccc(Cl)c2)N(N)c2ccccc21. The van der Waals surface area contributed by atoms with Gasteiger partial charge in [0.05, 0.1) is 5.69 Å². The molecule has 124 valence electrons. The average molecular weight is 362 g/mol. The zero-order valence-corrected chi connectivity index (χ0v) is 14.4. The zero-order valence-electron chi connectivity index (χ0n) is 12.9. The molecular formula is C16H16ClN5OS. The molecule has 1 aliphatic rings. The Morgan fingerprint density at radius 2 is 2.00 bits per heavy atom. The zero-order chi connectivity index (χ0) is 17.3. The summed E-state index contributed by atoms with van der Waals surface area (Å²) in [7, 11) is 0.0431. The van der Waals surface area contributed by atoms with Gasteiger partial charge in [0.1, 0.15) is 21.7 Å². The van der Waals surface area contributed by atoms with Crippen LogP contribution in [0.2, 0.25) is 5.02 Å². The third kappa shape index (κ3) is 2.89. The third-order valence-corrected chi connectivity index (χ3v) is 5.07. The van der Waals surface area contributed by atoms with E-state index in [0.717, 1.165) is 11.3 Å². The lowest BCUT2D eigenvalue weighted by molar-refractivity contribution is 0.685. The molecule has 1 aliphatic heterocycles. The molecule has 2 aromatic rings. The van der Waals surface area contributed by atoms with Crippen molar-refractivity contribution in [2.75, 3.05) is 12.1 Å². The molecule has 0 fully saturated rings. The highest BCUT2D eigenvalue weighted by molar-refractivity contribution is 7.89. The van der Waals surface area contributed by atoms with E-state index >= 15 is 0 Å². The maximum atomic E-state index is 12.8. The minimum absolute atomic E-state index is 0.0930. The Balaban J connectivity index is 2.08. The fraction of sp³-hybridized carbons (Fsp3) is 0.0625. The number of halogens is 1. The van der Waals surface area contributed by atoms with E-state index in [1.165, 1.54) is 5.01 Å². The van der Waals surface area contributed by atoms with Crippen LogP contribution in [-0.2, 0) is 10.8 Å². The number of fused-ring (bicyclic) bond motifs is 1. The van der Waals surface area contributed by atoms with Crippen molar-refractivity contribution in [2.24, 2.45) is 16.6 Å². The second kappa shape index (κ2) is 6.64. The molecule has 0 spiro atoms. The van der Waals surface area contributed by atoms with Gasteiger partial charge in [-0.05, 0) is 30.3 Å². The summed E-state index contributed by atoms with van der Waals surface area (Å²) in [4.78, 5) is 4.71. The number of aliphatic imine (C=N–C) groups is 1. The normalized spacial score (nSPS) is 18.8. The van der Waals surface area contributed by atoms with E-state index in [1.54, 1.807) is 31.3 Å². The van der Waals surface area contributed by atoms with E-state index in [1.807, 2.05) is 24.3 Å². The van der Waals surface area contributed by atoms with E-state index in [9.17, 15) is 4.21 Å². The number of anilines is 1. The van der Waals surface area contributed by atoms with Crippen LogP contribution in [0.3, 0.4) is 0 Å². The number of hydrazine groups is 1. The van der Waals surface area contributed by atoms with Gasteiger partial charge in [-0.15, -0.1) is 0 Å². The van der Waals surface area contributed by atoms with Gasteiger partial charge in [0, 0.05) is 22.5 Å². The van der Waals surface area contributed by atoms with Crippen molar-refractivity contribution in [3.63, 3.8) is 0 Å². The fourth-order valence-electron chi connectivity index (χ4n) is 2.40. The van der Waals surface area contributed by atoms with Gasteiger partial charge in [0.2, 0.25) is 0 Å². The summed E-state index contributed by atoms with van der Waals surface area (Å²) in [6.45, 7) is 0. The lowest BCUT2D eigenvalue weighted by Crippen LogP contribution is -2.47. The van der Waals surface area contributed by atoms with Gasteiger partial charge in [-0.1, -0.05) is 29.8 Å². The molecule has 6 nitrogen and oxygen atoms in total. The molecule has 1 unspecified atom stereocenters. The average Bonchev–Trinajstić information content (AvgIpc) is 2.61. The van der Waals surface area contributed by atoms with Crippen LogP contribution in [0.5, 0.6) is 0 Å². The number of nitrogens with two attached hydrogens (primary N) is 2. The van der Waals surface area contributed by atoms with E-state index in [0.29, 0.717) is 21.6 Å². The summed E-state index contributed by atoms with van der Waals surface area (Å²) in [5.74, 6) is 7.10. The number of para-hydroxylation sites is 1. The summed E-state index contributed by atoms with van der Waals surface area (Å²) in [5.41, 5.74) is 7.70. The van der Waals surface area contributed by atoms with E-state index in [-0.39, 0.29) is 5.03 Å². The van der Waals surface area contributed by atoms with Crippen molar-refractivity contribution in [3.05, 3.63) is 70.0 Å². The van der Waals surface area contributed by atoms with Crippen molar-refractivity contribution >= 4 is 33.9 Å². The van der Waals surface area contributed by atoms with E-state index in [2.05, 4.69) is 10.3 Å². The van der Waals surface area contributed by atoms with Gasteiger partial charge in [-0.3, -0.25) is 10.0 Å². The van der Waals surface area contributed by atoms with Gasteiger partial charge in [-0.25, -0.2) is 10.1 Å². The van der Waals surface area contributed by atoms with Crippen LogP contribution in [-0.4, -0.2) is 17.1 Å². The number of rotatable bonds is 2. The number of hydrogen-bond donors (Lipinski definition) is 3. The minimum Gasteiger partial charge on any atom is -0.388 e. The lowest BCUT2D eigenvalue weighted by atomic mass is 10.1. The first-order valence-electron chi connectivity index (χ1n) is 7.08.